The van der Waals surface area contributed by atoms with E-state index < -0.39 is 0 Å². The summed E-state index contributed by atoms with van der Waals surface area (Å²) >= 11 is 5.16. The molecule has 0 radical (unpaired) electrons. The van der Waals surface area contributed by atoms with Gasteiger partial charge in [-0.15, -0.1) is 11.3 Å². The summed E-state index contributed by atoms with van der Waals surface area (Å²) in [6.07, 6.45) is 0.172. The molecule has 1 aliphatic heterocycles. The molecular formula is C15H13BrO3S. The summed E-state index contributed by atoms with van der Waals surface area (Å²) in [4.78, 5) is 14.6. The van der Waals surface area contributed by atoms with Crippen molar-refractivity contribution >= 4 is 33.0 Å². The van der Waals surface area contributed by atoms with Gasteiger partial charge in [0.15, 0.2) is 5.78 Å². The molecule has 0 bridgehead atoms. The van der Waals surface area contributed by atoms with Crippen LogP contribution < -0.4 is 9.47 Å². The summed E-state index contributed by atoms with van der Waals surface area (Å²) in [7, 11) is 1.59. The number of ketones is 1. The highest BCUT2D eigenvalue weighted by molar-refractivity contribution is 9.10. The van der Waals surface area contributed by atoms with Gasteiger partial charge in [0, 0.05) is 14.2 Å². The van der Waals surface area contributed by atoms with Crippen LogP contribution in [-0.2, 0) is 0 Å². The number of hydrogen-bond donors (Lipinski definition) is 0. The lowest BCUT2D eigenvalue weighted by molar-refractivity contribution is 0.0853. The number of hydrogen-bond acceptors (Lipinski definition) is 4. The van der Waals surface area contributed by atoms with Crippen molar-refractivity contribution in [1.29, 1.82) is 0 Å². The van der Waals surface area contributed by atoms with Crippen molar-refractivity contribution in [2.75, 3.05) is 7.11 Å². The lowest BCUT2D eigenvalue weighted by atomic mass is 9.99. The van der Waals surface area contributed by atoms with Gasteiger partial charge in [0.25, 0.3) is 0 Å². The summed E-state index contributed by atoms with van der Waals surface area (Å²) in [5.74, 6) is 1.40. The van der Waals surface area contributed by atoms with E-state index >= 15 is 0 Å². The first-order chi connectivity index (χ1) is 9.58. The zero-order valence-electron chi connectivity index (χ0n) is 11.1. The molecule has 3 rings (SSSR count). The Morgan fingerprint density at radius 3 is 2.85 bits per heavy atom. The van der Waals surface area contributed by atoms with Crippen LogP contribution in [0, 0.1) is 6.92 Å². The van der Waals surface area contributed by atoms with Crippen molar-refractivity contribution in [1.82, 2.24) is 0 Å². The monoisotopic (exact) mass is 352 g/mol. The topological polar surface area (TPSA) is 35.5 Å². The first-order valence-electron chi connectivity index (χ1n) is 6.22. The Bertz CT molecular complexity index is 658. The highest BCUT2D eigenvalue weighted by atomic mass is 79.9. The van der Waals surface area contributed by atoms with Crippen molar-refractivity contribution in [3.05, 3.63) is 44.1 Å². The number of Topliss-reactive ketones (excluding diaryl/α,β-unsaturated/α-hetero) is 1. The molecule has 0 aliphatic carbocycles. The molecule has 1 aliphatic rings. The predicted octanol–water partition coefficient (Wildman–Crippen LogP) is 4.53. The average Bonchev–Trinajstić information content (AvgIpc) is 2.78. The molecular weight excluding hydrogens is 340 g/mol. The van der Waals surface area contributed by atoms with Gasteiger partial charge in [-0.2, -0.15) is 0 Å². The van der Waals surface area contributed by atoms with Gasteiger partial charge in [0.05, 0.1) is 19.1 Å². The average molecular weight is 353 g/mol. The summed E-state index contributed by atoms with van der Waals surface area (Å²) < 4.78 is 12.2. The van der Waals surface area contributed by atoms with Gasteiger partial charge in [-0.1, -0.05) is 0 Å². The maximum Gasteiger partial charge on any atom is 0.170 e. The molecule has 0 saturated heterocycles. The number of ether oxygens (including phenoxy) is 2. The van der Waals surface area contributed by atoms with Crippen LogP contribution in [-0.4, -0.2) is 12.9 Å². The number of carbonyl (C=O) groups is 1. The minimum absolute atomic E-state index is 0.0947. The van der Waals surface area contributed by atoms with Crippen molar-refractivity contribution < 1.29 is 14.3 Å². The number of fused-ring (bicyclic) bond motifs is 1. The van der Waals surface area contributed by atoms with Gasteiger partial charge in [-0.05, 0) is 47.1 Å². The van der Waals surface area contributed by atoms with Gasteiger partial charge >= 0.3 is 0 Å². The fourth-order valence-corrected chi connectivity index (χ4v) is 3.82. The Balaban J connectivity index is 1.94. The van der Waals surface area contributed by atoms with Crippen LogP contribution in [0.15, 0.2) is 28.7 Å². The number of halogens is 1. The molecule has 104 valence electrons. The molecule has 1 aromatic carbocycles. The Kier molecular flexibility index (Phi) is 3.56. The molecule has 3 nitrogen and oxygen atoms in total. The van der Waals surface area contributed by atoms with Crippen LogP contribution in [0.1, 0.15) is 32.6 Å². The van der Waals surface area contributed by atoms with E-state index in [0.717, 1.165) is 9.35 Å². The van der Waals surface area contributed by atoms with E-state index in [9.17, 15) is 4.79 Å². The number of methoxy groups -OCH3 is 1. The fourth-order valence-electron chi connectivity index (χ4n) is 2.23. The molecule has 5 heteroatoms. The molecule has 0 saturated carbocycles. The van der Waals surface area contributed by atoms with E-state index in [4.69, 9.17) is 9.47 Å². The maximum absolute atomic E-state index is 12.3. The Hall–Kier alpha value is -1.33. The molecule has 1 aromatic heterocycles. The minimum atomic E-state index is -0.196. The van der Waals surface area contributed by atoms with Gasteiger partial charge in [0.1, 0.15) is 17.6 Å². The minimum Gasteiger partial charge on any atom is -0.497 e. The molecule has 2 heterocycles. The van der Waals surface area contributed by atoms with Crippen molar-refractivity contribution in [3.8, 4) is 11.5 Å². The second-order valence-electron chi connectivity index (χ2n) is 4.65. The second-order valence-corrected chi connectivity index (χ2v) is 6.79. The number of aryl methyl sites for hydroxylation is 1. The third-order valence-electron chi connectivity index (χ3n) is 3.32. The summed E-state index contributed by atoms with van der Waals surface area (Å²) in [5, 5.41) is 0. The van der Waals surface area contributed by atoms with E-state index in [1.807, 2.05) is 19.1 Å². The van der Waals surface area contributed by atoms with Crippen LogP contribution in [0.4, 0.5) is 0 Å². The van der Waals surface area contributed by atoms with Crippen LogP contribution in [0.25, 0.3) is 0 Å². The van der Waals surface area contributed by atoms with E-state index in [-0.39, 0.29) is 11.9 Å². The lowest BCUT2D eigenvalue weighted by Gasteiger charge is -2.24. The highest BCUT2D eigenvalue weighted by Gasteiger charge is 2.29. The molecule has 0 N–H and O–H groups in total. The zero-order valence-corrected chi connectivity index (χ0v) is 13.5. The Labute approximate surface area is 129 Å². The van der Waals surface area contributed by atoms with Gasteiger partial charge < -0.3 is 9.47 Å². The molecule has 0 fully saturated rings. The third kappa shape index (κ3) is 2.36. The first kappa shape index (κ1) is 13.6. The number of carbonyl (C=O) groups excluding carboxylic acids is 1. The fraction of sp³-hybridized carbons (Fsp3) is 0.267. The normalized spacial score (nSPS) is 17.6. The number of rotatable bonds is 2. The molecule has 0 spiro atoms. The van der Waals surface area contributed by atoms with Gasteiger partial charge in [-0.3, -0.25) is 4.79 Å². The maximum atomic E-state index is 12.3. The summed E-state index contributed by atoms with van der Waals surface area (Å²) in [6, 6.07) is 7.38. The van der Waals surface area contributed by atoms with Gasteiger partial charge in [0.2, 0.25) is 0 Å². The number of benzene rings is 1. The smallest absolute Gasteiger partial charge is 0.170 e. The lowest BCUT2D eigenvalue weighted by Crippen LogP contribution is -2.19. The standard InChI is InChI=1S/C15H13BrO3S/c1-8-11(16)6-15(20-8)14-7-12(17)10-5-9(18-2)3-4-13(10)19-14/h3-6,14H,7H2,1-2H3. The van der Waals surface area contributed by atoms with Crippen LogP contribution in [0.3, 0.4) is 0 Å². The number of thiophene rings is 1. The van der Waals surface area contributed by atoms with E-state index in [0.29, 0.717) is 23.5 Å². The van der Waals surface area contributed by atoms with Crippen molar-refractivity contribution in [3.63, 3.8) is 0 Å². The molecule has 2 aromatic rings. The van der Waals surface area contributed by atoms with Gasteiger partial charge in [-0.25, -0.2) is 0 Å². The molecule has 0 amide bonds. The largest absolute Gasteiger partial charge is 0.497 e. The van der Waals surface area contributed by atoms with Crippen LogP contribution in [0.2, 0.25) is 0 Å². The van der Waals surface area contributed by atoms with E-state index in [1.165, 1.54) is 4.88 Å². The molecule has 1 atom stereocenters. The zero-order chi connectivity index (χ0) is 14.3. The first-order valence-corrected chi connectivity index (χ1v) is 7.83. The second kappa shape index (κ2) is 5.22. The Morgan fingerprint density at radius 2 is 2.20 bits per heavy atom. The molecule has 20 heavy (non-hydrogen) atoms. The van der Waals surface area contributed by atoms with Crippen molar-refractivity contribution in [2.45, 2.75) is 19.4 Å². The molecule has 1 unspecified atom stereocenters. The van der Waals surface area contributed by atoms with Crippen LogP contribution in [0.5, 0.6) is 11.5 Å². The Morgan fingerprint density at radius 1 is 1.40 bits per heavy atom. The quantitative estimate of drug-likeness (QED) is 0.796. The van der Waals surface area contributed by atoms with Crippen LogP contribution >= 0.6 is 27.3 Å². The van der Waals surface area contributed by atoms with Crippen molar-refractivity contribution in [2.24, 2.45) is 0 Å². The summed E-state index contributed by atoms with van der Waals surface area (Å²) in [5.41, 5.74) is 0.605. The third-order valence-corrected chi connectivity index (χ3v) is 5.55. The van der Waals surface area contributed by atoms with E-state index in [1.54, 1.807) is 30.6 Å². The highest BCUT2D eigenvalue weighted by Crippen LogP contribution is 2.40. The SMILES string of the molecule is COc1ccc2c(c1)C(=O)CC(c1cc(Br)c(C)s1)O2. The van der Waals surface area contributed by atoms with E-state index in [2.05, 4.69) is 15.9 Å². The predicted molar refractivity (Wildman–Crippen MR) is 82.1 cm³/mol. The summed E-state index contributed by atoms with van der Waals surface area (Å²) in [6.45, 7) is 2.04.